The van der Waals surface area contributed by atoms with Crippen LogP contribution in [0, 0.1) is 0 Å². The lowest BCUT2D eigenvalue weighted by Gasteiger charge is -2.14. The molecule has 0 amide bonds. The van der Waals surface area contributed by atoms with Gasteiger partial charge in [0.1, 0.15) is 5.75 Å². The molecular formula is C17H17ClO3. The molecule has 0 aliphatic heterocycles. The second-order valence-electron chi connectivity index (χ2n) is 4.73. The van der Waals surface area contributed by atoms with Gasteiger partial charge in [-0.25, -0.2) is 0 Å². The van der Waals surface area contributed by atoms with Crippen molar-refractivity contribution in [2.75, 3.05) is 6.61 Å². The van der Waals surface area contributed by atoms with Crippen LogP contribution in [-0.4, -0.2) is 17.7 Å². The van der Waals surface area contributed by atoms with Crippen LogP contribution in [0.4, 0.5) is 0 Å². The average Bonchev–Trinajstić information content (AvgIpc) is 2.46. The Morgan fingerprint density at radius 2 is 1.95 bits per heavy atom. The zero-order valence-corrected chi connectivity index (χ0v) is 12.5. The molecule has 0 spiro atoms. The van der Waals surface area contributed by atoms with Gasteiger partial charge in [-0.3, -0.25) is 4.79 Å². The summed E-state index contributed by atoms with van der Waals surface area (Å²) in [6, 6.07) is 14.5. The zero-order valence-electron chi connectivity index (χ0n) is 11.8. The van der Waals surface area contributed by atoms with Crippen LogP contribution in [0.25, 0.3) is 0 Å². The highest BCUT2D eigenvalue weighted by molar-refractivity contribution is 6.30. The van der Waals surface area contributed by atoms with Gasteiger partial charge in [0.25, 0.3) is 0 Å². The molecule has 3 nitrogen and oxygen atoms in total. The molecule has 2 rings (SSSR count). The van der Waals surface area contributed by atoms with Crippen molar-refractivity contribution in [3.05, 3.63) is 64.7 Å². The molecule has 0 saturated heterocycles. The summed E-state index contributed by atoms with van der Waals surface area (Å²) in [5, 5.41) is 10.1. The molecule has 21 heavy (non-hydrogen) atoms. The molecule has 0 aliphatic carbocycles. The Morgan fingerprint density at radius 3 is 2.57 bits per heavy atom. The van der Waals surface area contributed by atoms with E-state index in [1.807, 2.05) is 31.2 Å². The van der Waals surface area contributed by atoms with Crippen molar-refractivity contribution >= 4 is 17.6 Å². The molecule has 4 heteroatoms. The van der Waals surface area contributed by atoms with Crippen molar-refractivity contribution in [3.8, 4) is 5.75 Å². The summed E-state index contributed by atoms with van der Waals surface area (Å²) in [6.45, 7) is 2.50. The Morgan fingerprint density at radius 1 is 1.24 bits per heavy atom. The third-order valence-corrected chi connectivity index (χ3v) is 3.47. The number of halogens is 1. The number of hydrogen-bond acceptors (Lipinski definition) is 2. The van der Waals surface area contributed by atoms with E-state index in [4.69, 9.17) is 16.3 Å². The predicted molar refractivity (Wildman–Crippen MR) is 83.1 cm³/mol. The minimum absolute atomic E-state index is 0.415. The fourth-order valence-corrected chi connectivity index (χ4v) is 2.33. The lowest BCUT2D eigenvalue weighted by Crippen LogP contribution is -2.14. The SMILES string of the molecule is CCOc1cccc(CC(C(=O)O)c2ccc(Cl)cc2)c1. The number of benzene rings is 2. The van der Waals surface area contributed by atoms with Crippen molar-refractivity contribution in [2.45, 2.75) is 19.3 Å². The molecule has 1 N–H and O–H groups in total. The van der Waals surface area contributed by atoms with Crippen LogP contribution in [0.1, 0.15) is 24.0 Å². The van der Waals surface area contributed by atoms with Gasteiger partial charge in [-0.2, -0.15) is 0 Å². The Balaban J connectivity index is 2.22. The molecule has 110 valence electrons. The summed E-state index contributed by atoms with van der Waals surface area (Å²) in [7, 11) is 0. The predicted octanol–water partition coefficient (Wildman–Crippen LogP) is 4.15. The summed E-state index contributed by atoms with van der Waals surface area (Å²) >= 11 is 5.85. The van der Waals surface area contributed by atoms with Crippen molar-refractivity contribution in [1.29, 1.82) is 0 Å². The van der Waals surface area contributed by atoms with Crippen molar-refractivity contribution in [1.82, 2.24) is 0 Å². The third-order valence-electron chi connectivity index (χ3n) is 3.22. The standard InChI is InChI=1S/C17H17ClO3/c1-2-21-15-5-3-4-12(10-15)11-16(17(19)20)13-6-8-14(18)9-7-13/h3-10,16H,2,11H2,1H3,(H,19,20). The van der Waals surface area contributed by atoms with Gasteiger partial charge in [0.05, 0.1) is 12.5 Å². The zero-order chi connectivity index (χ0) is 15.2. The summed E-state index contributed by atoms with van der Waals surface area (Å²) in [4.78, 5) is 11.5. The van der Waals surface area contributed by atoms with Gasteiger partial charge in [0.2, 0.25) is 0 Å². The quantitative estimate of drug-likeness (QED) is 0.872. The first-order valence-electron chi connectivity index (χ1n) is 6.80. The molecule has 0 saturated carbocycles. The van der Waals surface area contributed by atoms with E-state index < -0.39 is 11.9 Å². The number of ether oxygens (including phenoxy) is 1. The lowest BCUT2D eigenvalue weighted by molar-refractivity contribution is -0.138. The maximum Gasteiger partial charge on any atom is 0.311 e. The second-order valence-corrected chi connectivity index (χ2v) is 5.16. The fourth-order valence-electron chi connectivity index (χ4n) is 2.21. The average molecular weight is 305 g/mol. The Labute approximate surface area is 129 Å². The normalized spacial score (nSPS) is 11.9. The van der Waals surface area contributed by atoms with Crippen molar-refractivity contribution < 1.29 is 14.6 Å². The van der Waals surface area contributed by atoms with E-state index >= 15 is 0 Å². The Bertz CT molecular complexity index is 608. The number of hydrogen-bond donors (Lipinski definition) is 1. The third kappa shape index (κ3) is 4.23. The molecule has 0 radical (unpaired) electrons. The molecule has 0 fully saturated rings. The Kier molecular flexibility index (Phi) is 5.23. The molecule has 0 aromatic heterocycles. The van der Waals surface area contributed by atoms with E-state index in [1.54, 1.807) is 24.3 Å². The minimum atomic E-state index is -0.848. The maximum absolute atomic E-state index is 11.5. The minimum Gasteiger partial charge on any atom is -0.494 e. The van der Waals surface area contributed by atoms with E-state index in [1.165, 1.54) is 0 Å². The smallest absolute Gasteiger partial charge is 0.311 e. The largest absolute Gasteiger partial charge is 0.494 e. The van der Waals surface area contributed by atoms with Gasteiger partial charge in [-0.15, -0.1) is 0 Å². The molecule has 0 aliphatic rings. The monoisotopic (exact) mass is 304 g/mol. The van der Waals surface area contributed by atoms with Crippen LogP contribution < -0.4 is 4.74 Å². The van der Waals surface area contributed by atoms with Crippen LogP contribution >= 0.6 is 11.6 Å². The summed E-state index contributed by atoms with van der Waals surface area (Å²) < 4.78 is 5.45. The highest BCUT2D eigenvalue weighted by Crippen LogP contribution is 2.24. The summed E-state index contributed by atoms with van der Waals surface area (Å²) in [5.41, 5.74) is 1.68. The fraction of sp³-hybridized carbons (Fsp3) is 0.235. The van der Waals surface area contributed by atoms with Gasteiger partial charge in [0, 0.05) is 5.02 Å². The van der Waals surface area contributed by atoms with Crippen LogP contribution in [0.3, 0.4) is 0 Å². The molecule has 0 bridgehead atoms. The van der Waals surface area contributed by atoms with E-state index in [2.05, 4.69) is 0 Å². The van der Waals surface area contributed by atoms with E-state index in [0.717, 1.165) is 16.9 Å². The van der Waals surface area contributed by atoms with Crippen LogP contribution in [-0.2, 0) is 11.2 Å². The molecular weight excluding hydrogens is 288 g/mol. The highest BCUT2D eigenvalue weighted by atomic mass is 35.5. The molecule has 2 aromatic rings. The lowest BCUT2D eigenvalue weighted by atomic mass is 9.92. The molecule has 1 atom stereocenters. The Hall–Kier alpha value is -2.00. The highest BCUT2D eigenvalue weighted by Gasteiger charge is 2.20. The molecule has 2 aromatic carbocycles. The van der Waals surface area contributed by atoms with Gasteiger partial charge in [-0.05, 0) is 48.7 Å². The molecule has 1 unspecified atom stereocenters. The van der Waals surface area contributed by atoms with E-state index in [0.29, 0.717) is 18.1 Å². The topological polar surface area (TPSA) is 46.5 Å². The van der Waals surface area contributed by atoms with E-state index in [9.17, 15) is 9.90 Å². The van der Waals surface area contributed by atoms with Gasteiger partial charge >= 0.3 is 5.97 Å². The van der Waals surface area contributed by atoms with Crippen LogP contribution in [0.15, 0.2) is 48.5 Å². The van der Waals surface area contributed by atoms with Crippen LogP contribution in [0.2, 0.25) is 5.02 Å². The second kappa shape index (κ2) is 7.14. The van der Waals surface area contributed by atoms with Crippen molar-refractivity contribution in [3.63, 3.8) is 0 Å². The number of carbonyl (C=O) groups is 1. The first-order valence-corrected chi connectivity index (χ1v) is 7.18. The summed E-state index contributed by atoms with van der Waals surface area (Å²) in [6.07, 6.45) is 0.415. The van der Waals surface area contributed by atoms with Gasteiger partial charge < -0.3 is 9.84 Å². The van der Waals surface area contributed by atoms with Crippen molar-refractivity contribution in [2.24, 2.45) is 0 Å². The first kappa shape index (κ1) is 15.4. The van der Waals surface area contributed by atoms with Gasteiger partial charge in [-0.1, -0.05) is 35.9 Å². The van der Waals surface area contributed by atoms with Crippen LogP contribution in [0.5, 0.6) is 5.75 Å². The molecule has 0 heterocycles. The number of carboxylic acids is 1. The summed E-state index contributed by atoms with van der Waals surface area (Å²) in [5.74, 6) is -0.687. The number of carboxylic acid groups (broad SMARTS) is 1. The first-order chi connectivity index (χ1) is 10.1. The van der Waals surface area contributed by atoms with E-state index in [-0.39, 0.29) is 0 Å². The number of rotatable bonds is 6. The maximum atomic E-state index is 11.5. The van der Waals surface area contributed by atoms with Gasteiger partial charge in [0.15, 0.2) is 0 Å². The number of aliphatic carboxylic acids is 1.